The molecule has 3 N–H and O–H groups in total. The minimum Gasteiger partial charge on any atom is -0.465 e. The second kappa shape index (κ2) is 11.8. The first-order chi connectivity index (χ1) is 19.7. The Balaban J connectivity index is 1.36. The molecule has 9 heteroatoms. The SMILES string of the molecule is CC(C)(C)N(CC=CCCNc1nc(-c2ccccc2)cn2c(-c3ccc(C(=O)NC4CC4)cc3)cnc12)C(=O)O. The van der Waals surface area contributed by atoms with Gasteiger partial charge in [0.1, 0.15) is 0 Å². The zero-order chi connectivity index (χ0) is 29.0. The van der Waals surface area contributed by atoms with Crippen LogP contribution in [0.2, 0.25) is 0 Å². The summed E-state index contributed by atoms with van der Waals surface area (Å²) in [6.45, 7) is 6.58. The Labute approximate surface area is 239 Å². The number of benzene rings is 2. The standard InChI is InChI=1S/C32H36N6O3/c1-32(2,3)38(31(40)41)19-9-5-8-18-33-28-29-34-20-27(37(29)21-26(36-28)22-10-6-4-7-11-22)23-12-14-24(15-13-23)30(39)35-25-16-17-25/h4-7,9-15,20-21,25H,8,16-19H2,1-3H3,(H,33,36)(H,35,39)(H,40,41). The Morgan fingerprint density at radius 1 is 1.05 bits per heavy atom. The molecule has 1 saturated carbocycles. The number of carbonyl (C=O) groups excluding carboxylic acids is 1. The summed E-state index contributed by atoms with van der Waals surface area (Å²) in [7, 11) is 0. The van der Waals surface area contributed by atoms with Gasteiger partial charge in [-0.2, -0.15) is 0 Å². The molecule has 0 unspecified atom stereocenters. The number of nitrogens with one attached hydrogen (secondary N) is 2. The molecule has 0 spiro atoms. The van der Waals surface area contributed by atoms with Crippen molar-refractivity contribution in [3.05, 3.63) is 84.7 Å². The van der Waals surface area contributed by atoms with Crippen LogP contribution in [-0.4, -0.2) is 61.0 Å². The van der Waals surface area contributed by atoms with E-state index >= 15 is 0 Å². The van der Waals surface area contributed by atoms with E-state index < -0.39 is 11.6 Å². The second-order valence-corrected chi connectivity index (χ2v) is 11.3. The van der Waals surface area contributed by atoms with Gasteiger partial charge in [-0.1, -0.05) is 54.6 Å². The zero-order valence-electron chi connectivity index (χ0n) is 23.7. The van der Waals surface area contributed by atoms with Crippen LogP contribution in [0.1, 0.15) is 50.4 Å². The van der Waals surface area contributed by atoms with Crippen molar-refractivity contribution in [3.8, 4) is 22.5 Å². The number of amides is 2. The van der Waals surface area contributed by atoms with Crippen LogP contribution in [0, 0.1) is 0 Å². The molecule has 2 amide bonds. The van der Waals surface area contributed by atoms with Gasteiger partial charge in [-0.3, -0.25) is 14.1 Å². The average Bonchev–Trinajstić information content (AvgIpc) is 3.66. The highest BCUT2D eigenvalue weighted by atomic mass is 16.4. The maximum absolute atomic E-state index is 12.4. The minimum absolute atomic E-state index is 0.0395. The van der Waals surface area contributed by atoms with Crippen LogP contribution in [0.4, 0.5) is 10.6 Å². The molecule has 0 saturated heterocycles. The van der Waals surface area contributed by atoms with E-state index in [2.05, 4.69) is 15.6 Å². The van der Waals surface area contributed by atoms with E-state index in [1.807, 2.05) is 104 Å². The molecule has 2 aromatic carbocycles. The van der Waals surface area contributed by atoms with E-state index in [-0.39, 0.29) is 5.91 Å². The highest BCUT2D eigenvalue weighted by molar-refractivity contribution is 5.95. The number of anilines is 1. The van der Waals surface area contributed by atoms with Gasteiger partial charge in [0.05, 0.1) is 17.6 Å². The molecule has 41 heavy (non-hydrogen) atoms. The first-order valence-electron chi connectivity index (χ1n) is 13.9. The monoisotopic (exact) mass is 552 g/mol. The number of hydrogen-bond acceptors (Lipinski definition) is 5. The van der Waals surface area contributed by atoms with Crippen molar-refractivity contribution in [2.75, 3.05) is 18.4 Å². The summed E-state index contributed by atoms with van der Waals surface area (Å²) >= 11 is 0. The lowest BCUT2D eigenvalue weighted by atomic mass is 10.1. The third kappa shape index (κ3) is 6.74. The fourth-order valence-corrected chi connectivity index (χ4v) is 4.57. The van der Waals surface area contributed by atoms with Crippen LogP contribution < -0.4 is 10.6 Å². The zero-order valence-corrected chi connectivity index (χ0v) is 23.7. The van der Waals surface area contributed by atoms with Crippen LogP contribution in [-0.2, 0) is 0 Å². The van der Waals surface area contributed by atoms with E-state index in [1.54, 1.807) is 0 Å². The summed E-state index contributed by atoms with van der Waals surface area (Å²) in [6.07, 6.45) is 9.53. The van der Waals surface area contributed by atoms with Crippen LogP contribution in [0.3, 0.4) is 0 Å². The topological polar surface area (TPSA) is 112 Å². The number of imidazole rings is 1. The minimum atomic E-state index is -0.934. The average molecular weight is 553 g/mol. The predicted octanol–water partition coefficient (Wildman–Crippen LogP) is 6.09. The van der Waals surface area contributed by atoms with Crippen molar-refractivity contribution in [1.29, 1.82) is 0 Å². The van der Waals surface area contributed by atoms with Crippen molar-refractivity contribution in [2.24, 2.45) is 0 Å². The highest BCUT2D eigenvalue weighted by Crippen LogP contribution is 2.28. The summed E-state index contributed by atoms with van der Waals surface area (Å²) in [5.41, 5.74) is 4.51. The first kappa shape index (κ1) is 27.9. The van der Waals surface area contributed by atoms with Crippen LogP contribution in [0.15, 0.2) is 79.1 Å². The quantitative estimate of drug-likeness (QED) is 0.162. The van der Waals surface area contributed by atoms with Crippen molar-refractivity contribution in [3.63, 3.8) is 0 Å². The summed E-state index contributed by atoms with van der Waals surface area (Å²) in [5.74, 6) is 0.621. The molecular formula is C32H36N6O3. The van der Waals surface area contributed by atoms with Gasteiger partial charge in [-0.25, -0.2) is 14.8 Å². The maximum Gasteiger partial charge on any atom is 0.408 e. The molecule has 1 aliphatic carbocycles. The van der Waals surface area contributed by atoms with Gasteiger partial charge >= 0.3 is 6.09 Å². The van der Waals surface area contributed by atoms with Crippen molar-refractivity contribution in [2.45, 2.75) is 51.6 Å². The lowest BCUT2D eigenvalue weighted by Gasteiger charge is -2.32. The van der Waals surface area contributed by atoms with E-state index in [9.17, 15) is 14.7 Å². The number of carbonyl (C=O) groups is 2. The number of fused-ring (bicyclic) bond motifs is 1. The third-order valence-electron chi connectivity index (χ3n) is 7.02. The molecule has 212 valence electrons. The van der Waals surface area contributed by atoms with E-state index in [1.165, 1.54) is 4.90 Å². The van der Waals surface area contributed by atoms with Crippen LogP contribution >= 0.6 is 0 Å². The summed E-state index contributed by atoms with van der Waals surface area (Å²) in [5, 5.41) is 15.9. The molecule has 0 radical (unpaired) electrons. The molecule has 2 heterocycles. The van der Waals surface area contributed by atoms with E-state index in [0.29, 0.717) is 42.6 Å². The molecule has 1 fully saturated rings. The van der Waals surface area contributed by atoms with Crippen LogP contribution in [0.5, 0.6) is 0 Å². The Hall–Kier alpha value is -4.66. The first-order valence-corrected chi connectivity index (χ1v) is 13.9. The van der Waals surface area contributed by atoms with Gasteiger partial charge in [0.25, 0.3) is 5.91 Å². The molecule has 4 aromatic rings. The summed E-state index contributed by atoms with van der Waals surface area (Å²) < 4.78 is 2.03. The van der Waals surface area contributed by atoms with Crippen LogP contribution in [0.25, 0.3) is 28.2 Å². The Kier molecular flexibility index (Phi) is 8.05. The Morgan fingerprint density at radius 3 is 2.44 bits per heavy atom. The third-order valence-corrected chi connectivity index (χ3v) is 7.02. The normalized spacial score (nSPS) is 13.4. The molecule has 2 aromatic heterocycles. The summed E-state index contributed by atoms with van der Waals surface area (Å²) in [4.78, 5) is 35.0. The Bertz CT molecular complexity index is 1550. The fraction of sp³-hybridized carbons (Fsp3) is 0.312. The molecular weight excluding hydrogens is 516 g/mol. The highest BCUT2D eigenvalue weighted by Gasteiger charge is 2.25. The van der Waals surface area contributed by atoms with Gasteiger partial charge in [0.2, 0.25) is 0 Å². The molecule has 0 aliphatic heterocycles. The largest absolute Gasteiger partial charge is 0.465 e. The molecule has 0 bridgehead atoms. The Morgan fingerprint density at radius 2 is 1.78 bits per heavy atom. The number of rotatable bonds is 10. The van der Waals surface area contributed by atoms with Gasteiger partial charge in [-0.05, 0) is 52.2 Å². The number of aromatic nitrogens is 3. The lowest BCUT2D eigenvalue weighted by molar-refractivity contribution is 0.0950. The second-order valence-electron chi connectivity index (χ2n) is 11.3. The maximum atomic E-state index is 12.4. The number of hydrogen-bond donors (Lipinski definition) is 3. The number of nitrogens with zero attached hydrogens (tertiary/aromatic N) is 4. The van der Waals surface area contributed by atoms with Gasteiger partial charge in [0, 0.05) is 47.6 Å². The van der Waals surface area contributed by atoms with Crippen molar-refractivity contribution in [1.82, 2.24) is 24.6 Å². The van der Waals surface area contributed by atoms with Crippen molar-refractivity contribution < 1.29 is 14.7 Å². The molecule has 9 nitrogen and oxygen atoms in total. The van der Waals surface area contributed by atoms with Gasteiger partial charge in [0.15, 0.2) is 11.5 Å². The summed E-state index contributed by atoms with van der Waals surface area (Å²) in [6, 6.07) is 17.9. The van der Waals surface area contributed by atoms with Gasteiger partial charge in [-0.15, -0.1) is 0 Å². The smallest absolute Gasteiger partial charge is 0.408 e. The van der Waals surface area contributed by atoms with Crippen molar-refractivity contribution >= 4 is 23.5 Å². The molecule has 5 rings (SSSR count). The molecule has 0 atom stereocenters. The predicted molar refractivity (Wildman–Crippen MR) is 161 cm³/mol. The van der Waals surface area contributed by atoms with E-state index in [4.69, 9.17) is 4.98 Å². The molecule has 1 aliphatic rings. The lowest BCUT2D eigenvalue weighted by Crippen LogP contribution is -2.44. The fourth-order valence-electron chi connectivity index (χ4n) is 4.57. The van der Waals surface area contributed by atoms with E-state index in [0.717, 1.165) is 35.4 Å². The van der Waals surface area contributed by atoms with Gasteiger partial charge < -0.3 is 15.7 Å². The number of carboxylic acid groups (broad SMARTS) is 1.